The van der Waals surface area contributed by atoms with Crippen molar-refractivity contribution in [1.29, 1.82) is 0 Å². The van der Waals surface area contributed by atoms with E-state index in [9.17, 15) is 0 Å². The van der Waals surface area contributed by atoms with Crippen LogP contribution in [0, 0.1) is 0 Å². The second kappa shape index (κ2) is 4.53. The number of nitrogens with zero attached hydrogens (tertiary/aromatic N) is 5. The van der Waals surface area contributed by atoms with Gasteiger partial charge in [0.25, 0.3) is 0 Å². The van der Waals surface area contributed by atoms with E-state index in [1.54, 1.807) is 6.33 Å². The maximum absolute atomic E-state index is 5.76. The van der Waals surface area contributed by atoms with E-state index in [0.29, 0.717) is 0 Å². The molecule has 1 atom stereocenters. The minimum Gasteiger partial charge on any atom is -0.362 e. The van der Waals surface area contributed by atoms with Crippen LogP contribution in [0.2, 0.25) is 0 Å². The summed E-state index contributed by atoms with van der Waals surface area (Å²) < 4.78 is 7.64. The fraction of sp³-hybridized carbons (Fsp3) is 0.583. The van der Waals surface area contributed by atoms with Gasteiger partial charge in [0.1, 0.15) is 12.1 Å². The fourth-order valence-electron chi connectivity index (χ4n) is 2.33. The number of fused-ring (bicyclic) bond motifs is 1. The van der Waals surface area contributed by atoms with Crippen molar-refractivity contribution >= 4 is 16.9 Å². The summed E-state index contributed by atoms with van der Waals surface area (Å²) in [4.78, 5) is 10.6. The number of anilines is 1. The Labute approximate surface area is 106 Å². The third-order valence-electron chi connectivity index (χ3n) is 3.22. The molecule has 6 heteroatoms. The normalized spacial score (nSPS) is 20.2. The first-order chi connectivity index (χ1) is 8.77. The van der Waals surface area contributed by atoms with Gasteiger partial charge in [0.2, 0.25) is 0 Å². The van der Waals surface area contributed by atoms with Crippen LogP contribution in [-0.4, -0.2) is 40.5 Å². The molecule has 0 spiro atoms. The van der Waals surface area contributed by atoms with Gasteiger partial charge in [-0.3, -0.25) is 0 Å². The van der Waals surface area contributed by atoms with Gasteiger partial charge in [-0.1, -0.05) is 0 Å². The molecule has 0 radical (unpaired) electrons. The van der Waals surface area contributed by atoms with E-state index < -0.39 is 0 Å². The van der Waals surface area contributed by atoms with Gasteiger partial charge in [0, 0.05) is 20.7 Å². The Morgan fingerprint density at radius 2 is 2.22 bits per heavy atom. The van der Waals surface area contributed by atoms with Crippen molar-refractivity contribution in [1.82, 2.24) is 19.7 Å². The molecule has 0 bridgehead atoms. The van der Waals surface area contributed by atoms with Crippen LogP contribution in [0.4, 0.5) is 5.82 Å². The number of rotatable bonds is 2. The second-order valence-electron chi connectivity index (χ2n) is 4.74. The van der Waals surface area contributed by atoms with Crippen LogP contribution in [0.5, 0.6) is 0 Å². The quantitative estimate of drug-likeness (QED) is 0.806. The van der Waals surface area contributed by atoms with Gasteiger partial charge in [0.05, 0.1) is 11.6 Å². The molecule has 2 aromatic heterocycles. The Hall–Kier alpha value is -1.69. The van der Waals surface area contributed by atoms with E-state index >= 15 is 0 Å². The van der Waals surface area contributed by atoms with Gasteiger partial charge >= 0.3 is 0 Å². The topological polar surface area (TPSA) is 56.1 Å². The lowest BCUT2D eigenvalue weighted by atomic mass is 10.2. The van der Waals surface area contributed by atoms with Crippen LogP contribution in [0.1, 0.15) is 25.5 Å². The smallest absolute Gasteiger partial charge is 0.165 e. The second-order valence-corrected chi connectivity index (χ2v) is 4.74. The molecular weight excluding hydrogens is 230 g/mol. The molecule has 1 saturated heterocycles. The molecule has 0 saturated carbocycles. The van der Waals surface area contributed by atoms with Crippen molar-refractivity contribution in [2.24, 2.45) is 0 Å². The highest BCUT2D eigenvalue weighted by Crippen LogP contribution is 2.27. The first-order valence-corrected chi connectivity index (χ1v) is 6.24. The summed E-state index contributed by atoms with van der Waals surface area (Å²) in [6.45, 7) is 0.803. The minimum absolute atomic E-state index is 0.0150. The highest BCUT2D eigenvalue weighted by molar-refractivity contribution is 5.86. The Bertz CT molecular complexity index is 544. The van der Waals surface area contributed by atoms with Crippen LogP contribution < -0.4 is 4.90 Å². The summed E-state index contributed by atoms with van der Waals surface area (Å²) in [7, 11) is 3.94. The molecule has 3 rings (SSSR count). The van der Waals surface area contributed by atoms with Crippen molar-refractivity contribution < 1.29 is 4.74 Å². The van der Waals surface area contributed by atoms with Crippen molar-refractivity contribution in [3.63, 3.8) is 0 Å². The number of hydrogen-bond donors (Lipinski definition) is 0. The van der Waals surface area contributed by atoms with Crippen molar-refractivity contribution in [2.45, 2.75) is 25.5 Å². The number of aromatic nitrogens is 4. The zero-order valence-electron chi connectivity index (χ0n) is 10.7. The highest BCUT2D eigenvalue weighted by atomic mass is 16.5. The van der Waals surface area contributed by atoms with Crippen molar-refractivity contribution in [2.75, 3.05) is 25.6 Å². The first-order valence-electron chi connectivity index (χ1n) is 6.24. The number of ether oxygens (including phenoxy) is 1. The third kappa shape index (κ3) is 1.82. The molecular formula is C12H17N5O. The van der Waals surface area contributed by atoms with Crippen molar-refractivity contribution in [3.05, 3.63) is 12.5 Å². The Kier molecular flexibility index (Phi) is 2.87. The molecule has 6 nitrogen and oxygen atoms in total. The molecule has 0 amide bonds. The molecule has 96 valence electrons. The monoisotopic (exact) mass is 247 g/mol. The number of hydrogen-bond acceptors (Lipinski definition) is 5. The van der Waals surface area contributed by atoms with Crippen LogP contribution >= 0.6 is 0 Å². The largest absolute Gasteiger partial charge is 0.362 e. The highest BCUT2D eigenvalue weighted by Gasteiger charge is 2.20. The zero-order chi connectivity index (χ0) is 12.5. The molecule has 0 aliphatic carbocycles. The molecule has 18 heavy (non-hydrogen) atoms. The van der Waals surface area contributed by atoms with E-state index in [1.165, 1.54) is 6.42 Å². The lowest BCUT2D eigenvalue weighted by molar-refractivity contribution is -0.0370. The molecule has 1 unspecified atom stereocenters. The SMILES string of the molecule is CN(C)c1ncnc2c1cnn2C1CCCCO1. The average Bonchev–Trinajstić information content (AvgIpc) is 2.83. The van der Waals surface area contributed by atoms with E-state index in [1.807, 2.05) is 29.9 Å². The van der Waals surface area contributed by atoms with Crippen LogP contribution in [0.3, 0.4) is 0 Å². The first kappa shape index (κ1) is 11.4. The van der Waals surface area contributed by atoms with Gasteiger partial charge in [-0.05, 0) is 19.3 Å². The van der Waals surface area contributed by atoms with Crippen LogP contribution in [-0.2, 0) is 4.74 Å². The van der Waals surface area contributed by atoms with Crippen LogP contribution in [0.15, 0.2) is 12.5 Å². The van der Waals surface area contributed by atoms with E-state index in [-0.39, 0.29) is 6.23 Å². The summed E-state index contributed by atoms with van der Waals surface area (Å²) in [6.07, 6.45) is 6.73. The predicted molar refractivity (Wildman–Crippen MR) is 68.5 cm³/mol. The lowest BCUT2D eigenvalue weighted by Crippen LogP contribution is -2.19. The maximum Gasteiger partial charge on any atom is 0.165 e. The Balaban J connectivity index is 2.06. The molecule has 1 fully saturated rings. The summed E-state index contributed by atoms with van der Waals surface area (Å²) in [5.41, 5.74) is 0.848. The molecule has 1 aliphatic rings. The van der Waals surface area contributed by atoms with E-state index in [4.69, 9.17) is 4.74 Å². The fourth-order valence-corrected chi connectivity index (χ4v) is 2.33. The van der Waals surface area contributed by atoms with Gasteiger partial charge in [-0.15, -0.1) is 0 Å². The predicted octanol–water partition coefficient (Wildman–Crippen LogP) is 1.59. The van der Waals surface area contributed by atoms with Gasteiger partial charge < -0.3 is 9.64 Å². The van der Waals surface area contributed by atoms with Gasteiger partial charge in [0.15, 0.2) is 11.9 Å². The van der Waals surface area contributed by atoms with Crippen LogP contribution in [0.25, 0.3) is 11.0 Å². The molecule has 0 aromatic carbocycles. The Morgan fingerprint density at radius 1 is 1.33 bits per heavy atom. The molecule has 3 heterocycles. The summed E-state index contributed by atoms with van der Waals surface area (Å²) in [6, 6.07) is 0. The lowest BCUT2D eigenvalue weighted by Gasteiger charge is -2.23. The third-order valence-corrected chi connectivity index (χ3v) is 3.22. The van der Waals surface area contributed by atoms with Gasteiger partial charge in [-0.2, -0.15) is 5.10 Å². The summed E-state index contributed by atoms with van der Waals surface area (Å²) in [5, 5.41) is 5.39. The Morgan fingerprint density at radius 3 is 2.94 bits per heavy atom. The van der Waals surface area contributed by atoms with Gasteiger partial charge in [-0.25, -0.2) is 14.6 Å². The molecule has 0 N–H and O–H groups in total. The van der Waals surface area contributed by atoms with Crippen molar-refractivity contribution in [3.8, 4) is 0 Å². The van der Waals surface area contributed by atoms with E-state index in [2.05, 4.69) is 15.1 Å². The van der Waals surface area contributed by atoms with E-state index in [0.717, 1.165) is 36.3 Å². The summed E-state index contributed by atoms with van der Waals surface area (Å²) in [5.74, 6) is 0.891. The molecule has 1 aliphatic heterocycles. The minimum atomic E-state index is 0.0150. The molecule has 2 aromatic rings. The summed E-state index contributed by atoms with van der Waals surface area (Å²) >= 11 is 0. The maximum atomic E-state index is 5.76. The average molecular weight is 247 g/mol. The standard InChI is InChI=1S/C12H17N5O/c1-16(2)11-9-7-15-17(12(9)14-8-13-11)10-5-3-4-6-18-10/h7-8,10H,3-6H2,1-2H3. The zero-order valence-corrected chi connectivity index (χ0v) is 10.7.